The number of alkyl halides is 4. The molecule has 0 bridgehead atoms. The zero-order valence-corrected chi connectivity index (χ0v) is 15.8. The number of methoxy groups -OCH3 is 2. The van der Waals surface area contributed by atoms with Crippen LogP contribution in [-0.4, -0.2) is 29.2 Å². The minimum absolute atomic E-state index is 0.129. The molecule has 2 aromatic rings. The van der Waals surface area contributed by atoms with Crippen LogP contribution in [0.2, 0.25) is 0 Å². The summed E-state index contributed by atoms with van der Waals surface area (Å²) in [6.07, 6.45) is 1.64. The number of nitrogens with zero attached hydrogens (tertiary/aromatic N) is 3. The Morgan fingerprint density at radius 1 is 0.958 bits per heavy atom. The molecule has 5 nitrogen and oxygen atoms in total. The van der Waals surface area contributed by atoms with E-state index in [9.17, 15) is 0 Å². The Bertz CT molecular complexity index is 727. The summed E-state index contributed by atoms with van der Waals surface area (Å²) < 4.78 is 10.8. The first kappa shape index (κ1) is 19.1. The molecule has 0 atom stereocenters. The fourth-order valence-electron chi connectivity index (χ4n) is 2.06. The molecule has 2 rings (SSSR count). The predicted octanol–water partition coefficient (Wildman–Crippen LogP) is 5.15. The van der Waals surface area contributed by atoms with Gasteiger partial charge in [0.2, 0.25) is 0 Å². The highest BCUT2D eigenvalue weighted by atomic mass is 35.5. The van der Waals surface area contributed by atoms with E-state index in [2.05, 4.69) is 21.5 Å². The molecular formula is C15H13Cl4N3O2. The van der Waals surface area contributed by atoms with Gasteiger partial charge in [-0.1, -0.05) is 65.1 Å². The molecule has 0 aliphatic rings. The van der Waals surface area contributed by atoms with Crippen molar-refractivity contribution in [3.63, 3.8) is 0 Å². The van der Waals surface area contributed by atoms with Gasteiger partial charge in [-0.05, 0) is 11.6 Å². The molecule has 1 aromatic carbocycles. The summed E-state index contributed by atoms with van der Waals surface area (Å²) in [5.41, 5.74) is 1.26. The molecule has 0 saturated heterocycles. The molecular weight excluding hydrogens is 396 g/mol. The maximum Gasteiger partial charge on any atom is 0.172 e. The van der Waals surface area contributed by atoms with E-state index in [4.69, 9.17) is 55.9 Å². The van der Waals surface area contributed by atoms with Crippen molar-refractivity contribution < 1.29 is 9.47 Å². The summed E-state index contributed by atoms with van der Waals surface area (Å²) in [4.78, 5) is 10.7. The summed E-state index contributed by atoms with van der Waals surface area (Å²) in [5, 5.41) is 0. The van der Waals surface area contributed by atoms with E-state index in [0.717, 1.165) is 5.56 Å². The van der Waals surface area contributed by atoms with Crippen LogP contribution >= 0.6 is 46.4 Å². The second-order valence-corrected chi connectivity index (χ2v) is 6.64. The van der Waals surface area contributed by atoms with Crippen molar-refractivity contribution in [2.75, 3.05) is 14.2 Å². The Hall–Kier alpha value is -1.27. The highest BCUT2D eigenvalue weighted by Crippen LogP contribution is 2.40. The standard InChI is InChI=1S/C15H13Cl4N3O2/c1-4-7-5-6-8(23-2)10(24-3)9(7)13-20-14(11(16)17)22-15(21-13)12(18)19/h4-6,11-12H,1H2,2-3H3. The first-order valence-electron chi connectivity index (χ1n) is 6.62. The fraction of sp³-hybridized carbons (Fsp3) is 0.267. The van der Waals surface area contributed by atoms with Crippen molar-refractivity contribution in [3.05, 3.63) is 35.9 Å². The van der Waals surface area contributed by atoms with Gasteiger partial charge in [0, 0.05) is 0 Å². The number of benzene rings is 1. The SMILES string of the molecule is C=Cc1ccc(OC)c(OC)c1-c1nc(C(Cl)Cl)nc(C(Cl)Cl)n1. The summed E-state index contributed by atoms with van der Waals surface area (Å²) >= 11 is 23.6. The van der Waals surface area contributed by atoms with Crippen LogP contribution in [0.5, 0.6) is 11.5 Å². The molecule has 0 saturated carbocycles. The van der Waals surface area contributed by atoms with E-state index in [1.165, 1.54) is 14.2 Å². The third-order valence-corrected chi connectivity index (χ3v) is 3.86. The van der Waals surface area contributed by atoms with Crippen LogP contribution in [0.25, 0.3) is 17.5 Å². The highest BCUT2D eigenvalue weighted by Gasteiger charge is 2.22. The number of aromatic nitrogens is 3. The third-order valence-electron chi connectivity index (χ3n) is 3.08. The molecule has 0 aliphatic carbocycles. The van der Waals surface area contributed by atoms with Crippen molar-refractivity contribution in [2.45, 2.75) is 9.67 Å². The van der Waals surface area contributed by atoms with Crippen molar-refractivity contribution in [2.24, 2.45) is 0 Å². The molecule has 1 heterocycles. The van der Waals surface area contributed by atoms with Gasteiger partial charge >= 0.3 is 0 Å². The van der Waals surface area contributed by atoms with Crippen LogP contribution in [0.1, 0.15) is 26.9 Å². The number of hydrogen-bond acceptors (Lipinski definition) is 5. The van der Waals surface area contributed by atoms with Crippen LogP contribution in [-0.2, 0) is 0 Å². The van der Waals surface area contributed by atoms with Gasteiger partial charge in [-0.2, -0.15) is 0 Å². The van der Waals surface area contributed by atoms with Gasteiger partial charge in [0.25, 0.3) is 0 Å². The number of rotatable bonds is 6. The Labute approximate surface area is 159 Å². The molecule has 0 fully saturated rings. The van der Waals surface area contributed by atoms with Gasteiger partial charge in [-0.15, -0.1) is 0 Å². The molecule has 0 unspecified atom stereocenters. The van der Waals surface area contributed by atoms with Crippen LogP contribution in [0.15, 0.2) is 18.7 Å². The van der Waals surface area contributed by atoms with E-state index in [-0.39, 0.29) is 17.5 Å². The Balaban J connectivity index is 2.81. The Morgan fingerprint density at radius 2 is 1.54 bits per heavy atom. The second kappa shape index (κ2) is 8.21. The normalized spacial score (nSPS) is 11.0. The van der Waals surface area contributed by atoms with Crippen molar-refractivity contribution >= 4 is 52.5 Å². The fourth-order valence-corrected chi connectivity index (χ4v) is 2.45. The van der Waals surface area contributed by atoms with Crippen molar-refractivity contribution in [3.8, 4) is 22.9 Å². The van der Waals surface area contributed by atoms with Gasteiger partial charge in [0.1, 0.15) is 0 Å². The first-order chi connectivity index (χ1) is 11.4. The molecule has 0 N–H and O–H groups in total. The minimum Gasteiger partial charge on any atom is -0.493 e. The van der Waals surface area contributed by atoms with E-state index < -0.39 is 9.67 Å². The predicted molar refractivity (Wildman–Crippen MR) is 97.4 cm³/mol. The minimum atomic E-state index is -0.971. The Morgan fingerprint density at radius 3 is 1.96 bits per heavy atom. The Kier molecular flexibility index (Phi) is 6.52. The lowest BCUT2D eigenvalue weighted by Crippen LogP contribution is -2.07. The van der Waals surface area contributed by atoms with Gasteiger partial charge < -0.3 is 9.47 Å². The summed E-state index contributed by atoms with van der Waals surface area (Å²) in [6.45, 7) is 3.79. The van der Waals surface area contributed by atoms with E-state index in [1.54, 1.807) is 18.2 Å². The monoisotopic (exact) mass is 407 g/mol. The van der Waals surface area contributed by atoms with Gasteiger partial charge in [-0.3, -0.25) is 0 Å². The third kappa shape index (κ3) is 3.86. The lowest BCUT2D eigenvalue weighted by atomic mass is 10.0. The summed E-state index contributed by atoms with van der Waals surface area (Å²) in [6, 6.07) is 3.55. The van der Waals surface area contributed by atoms with E-state index in [1.807, 2.05) is 0 Å². The zero-order chi connectivity index (χ0) is 17.9. The van der Waals surface area contributed by atoms with Gasteiger partial charge in [-0.25, -0.2) is 15.0 Å². The van der Waals surface area contributed by atoms with E-state index >= 15 is 0 Å². The average Bonchev–Trinajstić information content (AvgIpc) is 2.59. The molecule has 24 heavy (non-hydrogen) atoms. The van der Waals surface area contributed by atoms with Crippen LogP contribution < -0.4 is 9.47 Å². The van der Waals surface area contributed by atoms with Gasteiger partial charge in [0.05, 0.1) is 19.8 Å². The molecule has 9 heteroatoms. The quantitative estimate of drug-likeness (QED) is 0.618. The van der Waals surface area contributed by atoms with E-state index in [0.29, 0.717) is 17.1 Å². The summed E-state index contributed by atoms with van der Waals surface area (Å²) in [5.74, 6) is 1.44. The first-order valence-corrected chi connectivity index (χ1v) is 8.37. The maximum atomic E-state index is 5.90. The topological polar surface area (TPSA) is 57.1 Å². The van der Waals surface area contributed by atoms with Crippen LogP contribution in [0.3, 0.4) is 0 Å². The molecule has 0 spiro atoms. The average molecular weight is 409 g/mol. The number of ether oxygens (including phenoxy) is 2. The zero-order valence-electron chi connectivity index (χ0n) is 12.8. The lowest BCUT2D eigenvalue weighted by molar-refractivity contribution is 0.356. The molecule has 0 radical (unpaired) electrons. The highest BCUT2D eigenvalue weighted by molar-refractivity contribution is 6.44. The van der Waals surface area contributed by atoms with Crippen molar-refractivity contribution in [1.29, 1.82) is 0 Å². The maximum absolute atomic E-state index is 5.90. The molecule has 0 aliphatic heterocycles. The van der Waals surface area contributed by atoms with Crippen molar-refractivity contribution in [1.82, 2.24) is 15.0 Å². The largest absolute Gasteiger partial charge is 0.493 e. The molecule has 0 amide bonds. The number of halogens is 4. The summed E-state index contributed by atoms with van der Waals surface area (Å²) in [7, 11) is 3.04. The second-order valence-electron chi connectivity index (χ2n) is 4.45. The van der Waals surface area contributed by atoms with Crippen LogP contribution in [0.4, 0.5) is 0 Å². The smallest absolute Gasteiger partial charge is 0.172 e. The molecule has 1 aromatic heterocycles. The number of hydrogen-bond donors (Lipinski definition) is 0. The van der Waals surface area contributed by atoms with Crippen LogP contribution in [0, 0.1) is 0 Å². The van der Waals surface area contributed by atoms with Gasteiger partial charge in [0.15, 0.2) is 38.6 Å². The lowest BCUT2D eigenvalue weighted by Gasteiger charge is -2.16. The molecule has 128 valence electrons.